The van der Waals surface area contributed by atoms with Crippen LogP contribution in [0.15, 0.2) is 51.7 Å². The van der Waals surface area contributed by atoms with E-state index in [9.17, 15) is 19.2 Å². The van der Waals surface area contributed by atoms with Crippen molar-refractivity contribution in [3.8, 4) is 0 Å². The van der Waals surface area contributed by atoms with Gasteiger partial charge in [-0.2, -0.15) is 0 Å². The summed E-state index contributed by atoms with van der Waals surface area (Å²) in [5, 5.41) is 0. The number of urea groups is 1. The highest BCUT2D eigenvalue weighted by Crippen LogP contribution is 2.21. The van der Waals surface area contributed by atoms with E-state index in [0.717, 1.165) is 16.4 Å². The Morgan fingerprint density at radius 3 is 2.10 bits per heavy atom. The SMILES string of the molecule is Cc1cc(C(=O)CN2C(=O)C(=O)N(Cc3ccco3)C2=O)c(C)n1Cc1ccco1. The molecule has 1 aliphatic heterocycles. The van der Waals surface area contributed by atoms with Crippen LogP contribution in [-0.4, -0.2) is 44.5 Å². The van der Waals surface area contributed by atoms with Crippen LogP contribution in [0.2, 0.25) is 0 Å². The molecule has 0 atom stereocenters. The van der Waals surface area contributed by atoms with Gasteiger partial charge in [-0.05, 0) is 44.2 Å². The highest BCUT2D eigenvalue weighted by molar-refractivity contribution is 6.45. The Morgan fingerprint density at radius 1 is 0.900 bits per heavy atom. The van der Waals surface area contributed by atoms with Crippen molar-refractivity contribution >= 4 is 23.6 Å². The second-order valence-electron chi connectivity index (χ2n) is 7.02. The highest BCUT2D eigenvalue weighted by Gasteiger charge is 2.45. The Bertz CT molecular complexity index is 1120. The molecule has 1 saturated heterocycles. The first-order valence-electron chi connectivity index (χ1n) is 9.29. The molecule has 3 aromatic rings. The van der Waals surface area contributed by atoms with Crippen LogP contribution in [0.1, 0.15) is 33.3 Å². The summed E-state index contributed by atoms with van der Waals surface area (Å²) in [4.78, 5) is 51.4. The molecule has 0 spiro atoms. The van der Waals surface area contributed by atoms with Crippen LogP contribution in [0.4, 0.5) is 4.79 Å². The fraction of sp³-hybridized carbons (Fsp3) is 0.238. The number of ketones is 1. The Hall–Kier alpha value is -3.88. The van der Waals surface area contributed by atoms with Crippen molar-refractivity contribution in [2.24, 2.45) is 0 Å². The molecule has 30 heavy (non-hydrogen) atoms. The quantitative estimate of drug-likeness (QED) is 0.337. The van der Waals surface area contributed by atoms with Gasteiger partial charge in [-0.3, -0.25) is 14.4 Å². The summed E-state index contributed by atoms with van der Waals surface area (Å²) in [6, 6.07) is 7.69. The highest BCUT2D eigenvalue weighted by atomic mass is 16.3. The molecule has 0 N–H and O–H groups in total. The van der Waals surface area contributed by atoms with Crippen LogP contribution in [0.25, 0.3) is 0 Å². The first kappa shape index (κ1) is 19.4. The first-order chi connectivity index (χ1) is 14.4. The number of aryl methyl sites for hydroxylation is 1. The molecule has 0 unspecified atom stereocenters. The zero-order valence-electron chi connectivity index (χ0n) is 16.5. The summed E-state index contributed by atoms with van der Waals surface area (Å²) in [6.45, 7) is 3.41. The van der Waals surface area contributed by atoms with E-state index in [1.54, 1.807) is 37.5 Å². The van der Waals surface area contributed by atoms with E-state index in [-0.39, 0.29) is 6.54 Å². The number of carbonyl (C=O) groups excluding carboxylic acids is 4. The van der Waals surface area contributed by atoms with Crippen LogP contribution < -0.4 is 0 Å². The minimum Gasteiger partial charge on any atom is -0.467 e. The zero-order chi connectivity index (χ0) is 21.4. The van der Waals surface area contributed by atoms with Gasteiger partial charge in [-0.15, -0.1) is 0 Å². The third-order valence-electron chi connectivity index (χ3n) is 5.10. The van der Waals surface area contributed by atoms with Crippen molar-refractivity contribution < 1.29 is 28.0 Å². The van der Waals surface area contributed by atoms with Crippen molar-refractivity contribution in [1.82, 2.24) is 14.4 Å². The molecule has 4 rings (SSSR count). The molecule has 9 nitrogen and oxygen atoms in total. The largest absolute Gasteiger partial charge is 0.467 e. The maximum absolute atomic E-state index is 12.9. The molecule has 154 valence electrons. The molecular weight excluding hydrogens is 390 g/mol. The fourth-order valence-corrected chi connectivity index (χ4v) is 3.50. The number of carbonyl (C=O) groups is 4. The van der Waals surface area contributed by atoms with Gasteiger partial charge < -0.3 is 13.4 Å². The van der Waals surface area contributed by atoms with Crippen molar-refractivity contribution in [2.75, 3.05) is 6.54 Å². The van der Waals surface area contributed by atoms with E-state index >= 15 is 0 Å². The molecule has 0 radical (unpaired) electrons. The third-order valence-corrected chi connectivity index (χ3v) is 5.10. The standard InChI is InChI=1S/C21H19N3O6/c1-13-9-17(14(2)22(13)10-15-5-3-7-29-15)18(25)12-24-20(27)19(26)23(21(24)28)11-16-6-4-8-30-16/h3-9H,10-12H2,1-2H3. The Balaban J connectivity index is 1.51. The van der Waals surface area contributed by atoms with Crippen LogP contribution in [0, 0.1) is 13.8 Å². The van der Waals surface area contributed by atoms with Gasteiger partial charge in [0.25, 0.3) is 0 Å². The minimum atomic E-state index is -1.02. The van der Waals surface area contributed by atoms with Gasteiger partial charge in [0.15, 0.2) is 5.78 Å². The molecule has 3 aromatic heterocycles. The number of Topliss-reactive ketones (excluding diaryl/α,β-unsaturated/α-hetero) is 1. The maximum Gasteiger partial charge on any atom is 0.335 e. The van der Waals surface area contributed by atoms with Gasteiger partial charge in [0.1, 0.15) is 11.5 Å². The molecule has 0 aliphatic carbocycles. The minimum absolute atomic E-state index is 0.168. The lowest BCUT2D eigenvalue weighted by Crippen LogP contribution is -2.37. The fourth-order valence-electron chi connectivity index (χ4n) is 3.50. The number of rotatable bonds is 7. The number of furan rings is 2. The number of nitrogens with zero attached hydrogens (tertiary/aromatic N) is 3. The third kappa shape index (κ3) is 3.34. The molecular formula is C21H19N3O6. The lowest BCUT2D eigenvalue weighted by atomic mass is 10.1. The Kier molecular flexibility index (Phi) is 4.86. The molecule has 4 heterocycles. The van der Waals surface area contributed by atoms with Crippen LogP contribution >= 0.6 is 0 Å². The summed E-state index contributed by atoms with van der Waals surface area (Å²) >= 11 is 0. The van der Waals surface area contributed by atoms with Gasteiger partial charge in [-0.25, -0.2) is 14.6 Å². The van der Waals surface area contributed by atoms with E-state index in [1.807, 2.05) is 17.6 Å². The summed E-state index contributed by atoms with van der Waals surface area (Å²) < 4.78 is 12.4. The second-order valence-corrected chi connectivity index (χ2v) is 7.02. The van der Waals surface area contributed by atoms with Gasteiger partial charge in [-0.1, -0.05) is 0 Å². The molecule has 4 amide bonds. The van der Waals surface area contributed by atoms with E-state index < -0.39 is 30.2 Å². The van der Waals surface area contributed by atoms with Crippen LogP contribution in [0.3, 0.4) is 0 Å². The van der Waals surface area contributed by atoms with E-state index in [2.05, 4.69) is 0 Å². The van der Waals surface area contributed by atoms with E-state index in [4.69, 9.17) is 8.83 Å². The topological polar surface area (TPSA) is 106 Å². The van der Waals surface area contributed by atoms with E-state index in [0.29, 0.717) is 28.5 Å². The normalized spacial score (nSPS) is 14.3. The zero-order valence-corrected chi connectivity index (χ0v) is 16.5. The van der Waals surface area contributed by atoms with Crippen molar-refractivity contribution in [1.29, 1.82) is 0 Å². The molecule has 0 bridgehead atoms. The molecule has 0 saturated carbocycles. The lowest BCUT2D eigenvalue weighted by Gasteiger charge is -2.14. The van der Waals surface area contributed by atoms with Gasteiger partial charge in [0.2, 0.25) is 0 Å². The molecule has 0 aromatic carbocycles. The van der Waals surface area contributed by atoms with Gasteiger partial charge in [0, 0.05) is 17.0 Å². The van der Waals surface area contributed by atoms with Crippen LogP contribution in [0.5, 0.6) is 0 Å². The number of hydrogen-bond acceptors (Lipinski definition) is 6. The predicted molar refractivity (Wildman–Crippen MR) is 102 cm³/mol. The summed E-state index contributed by atoms with van der Waals surface area (Å²) in [5.74, 6) is -1.33. The number of aromatic nitrogens is 1. The maximum atomic E-state index is 12.9. The summed E-state index contributed by atoms with van der Waals surface area (Å²) in [5.41, 5.74) is 1.91. The smallest absolute Gasteiger partial charge is 0.335 e. The van der Waals surface area contributed by atoms with Crippen molar-refractivity contribution in [3.63, 3.8) is 0 Å². The number of amides is 4. The average Bonchev–Trinajstić information content (AvgIpc) is 3.50. The van der Waals surface area contributed by atoms with Crippen LogP contribution in [-0.2, 0) is 22.7 Å². The van der Waals surface area contributed by atoms with E-state index in [1.165, 1.54) is 6.26 Å². The molecule has 1 fully saturated rings. The molecule has 1 aliphatic rings. The summed E-state index contributed by atoms with van der Waals surface area (Å²) in [6.07, 6.45) is 2.98. The lowest BCUT2D eigenvalue weighted by molar-refractivity contribution is -0.143. The van der Waals surface area contributed by atoms with Gasteiger partial charge >= 0.3 is 17.8 Å². The van der Waals surface area contributed by atoms with Crippen molar-refractivity contribution in [2.45, 2.75) is 26.9 Å². The van der Waals surface area contributed by atoms with Crippen molar-refractivity contribution in [3.05, 3.63) is 71.3 Å². The van der Waals surface area contributed by atoms with Gasteiger partial charge in [0.05, 0.1) is 32.2 Å². The number of hydrogen-bond donors (Lipinski definition) is 0. The monoisotopic (exact) mass is 409 g/mol. The Labute approximate surface area is 171 Å². The second kappa shape index (κ2) is 7.51. The first-order valence-corrected chi connectivity index (χ1v) is 9.29. The predicted octanol–water partition coefficient (Wildman–Crippen LogP) is 2.51. The number of imide groups is 2. The Morgan fingerprint density at radius 2 is 1.50 bits per heavy atom. The average molecular weight is 409 g/mol. The molecule has 9 heteroatoms. The summed E-state index contributed by atoms with van der Waals surface area (Å²) in [7, 11) is 0.